The van der Waals surface area contributed by atoms with Crippen LogP contribution in [-0.2, 0) is 4.79 Å². The van der Waals surface area contributed by atoms with E-state index in [1.807, 2.05) is 11.8 Å². The summed E-state index contributed by atoms with van der Waals surface area (Å²) < 4.78 is 0. The summed E-state index contributed by atoms with van der Waals surface area (Å²) in [5, 5.41) is 1.31. The van der Waals surface area contributed by atoms with E-state index in [0.717, 1.165) is 38.8 Å². The molecule has 2 aromatic rings. The van der Waals surface area contributed by atoms with Gasteiger partial charge in [0.1, 0.15) is 0 Å². The highest BCUT2D eigenvalue weighted by molar-refractivity contribution is 5.86. The minimum absolute atomic E-state index is 0.108. The number of rotatable bonds is 4. The van der Waals surface area contributed by atoms with Crippen LogP contribution in [0.1, 0.15) is 51.0 Å². The summed E-state index contributed by atoms with van der Waals surface area (Å²) in [6, 6.07) is 8.43. The Labute approximate surface area is 138 Å². The van der Waals surface area contributed by atoms with Gasteiger partial charge >= 0.3 is 0 Å². The first kappa shape index (κ1) is 16.1. The maximum absolute atomic E-state index is 12.6. The van der Waals surface area contributed by atoms with Crippen molar-refractivity contribution in [1.29, 1.82) is 0 Å². The first-order valence-corrected chi connectivity index (χ1v) is 8.67. The van der Waals surface area contributed by atoms with Crippen molar-refractivity contribution in [3.8, 4) is 0 Å². The number of benzene rings is 1. The highest BCUT2D eigenvalue weighted by Crippen LogP contribution is 2.33. The van der Waals surface area contributed by atoms with Crippen LogP contribution in [0.5, 0.6) is 0 Å². The molecule has 1 saturated heterocycles. The van der Waals surface area contributed by atoms with Gasteiger partial charge in [-0.25, -0.2) is 0 Å². The van der Waals surface area contributed by atoms with E-state index >= 15 is 0 Å². The fraction of sp³-hybridized carbons (Fsp3) is 0.526. The second kappa shape index (κ2) is 6.36. The molecule has 3 rings (SSSR count). The lowest BCUT2D eigenvalue weighted by atomic mass is 9.87. The van der Waals surface area contributed by atoms with Gasteiger partial charge in [0.15, 0.2) is 0 Å². The maximum atomic E-state index is 12.6. The Morgan fingerprint density at radius 1 is 1.35 bits per heavy atom. The van der Waals surface area contributed by atoms with Crippen molar-refractivity contribution < 1.29 is 4.79 Å². The first-order chi connectivity index (χ1) is 11.0. The summed E-state index contributed by atoms with van der Waals surface area (Å²) in [6.07, 6.45) is 5.83. The van der Waals surface area contributed by atoms with E-state index in [4.69, 9.17) is 5.73 Å². The van der Waals surface area contributed by atoms with Crippen LogP contribution in [0, 0.1) is 0 Å². The molecule has 2 heterocycles. The van der Waals surface area contributed by atoms with Crippen molar-refractivity contribution >= 4 is 16.8 Å². The third kappa shape index (κ3) is 3.13. The van der Waals surface area contributed by atoms with Crippen LogP contribution in [0.3, 0.4) is 0 Å². The van der Waals surface area contributed by atoms with E-state index in [2.05, 4.69) is 42.4 Å². The van der Waals surface area contributed by atoms with Crippen molar-refractivity contribution in [1.82, 2.24) is 9.88 Å². The predicted molar refractivity (Wildman–Crippen MR) is 94.4 cm³/mol. The second-order valence-corrected chi connectivity index (χ2v) is 7.02. The standard InChI is InChI=1S/C19H27N3O/c1-3-10-19(2,20)18(23)22-11-8-14(9-12-22)16-13-21-17-7-5-4-6-15(16)17/h4-7,13-14,21H,3,8-12,20H2,1-2H3. The number of fused-ring (bicyclic) bond motifs is 1. The van der Waals surface area contributed by atoms with Gasteiger partial charge in [0.25, 0.3) is 0 Å². The summed E-state index contributed by atoms with van der Waals surface area (Å²) in [5.41, 5.74) is 8.07. The number of likely N-dealkylation sites (tertiary alicyclic amines) is 1. The molecule has 1 aromatic carbocycles. The van der Waals surface area contributed by atoms with E-state index in [1.54, 1.807) is 0 Å². The van der Waals surface area contributed by atoms with Crippen LogP contribution < -0.4 is 5.73 Å². The second-order valence-electron chi connectivity index (χ2n) is 7.02. The van der Waals surface area contributed by atoms with Crippen molar-refractivity contribution in [3.63, 3.8) is 0 Å². The third-order valence-electron chi connectivity index (χ3n) is 5.10. The zero-order chi connectivity index (χ0) is 16.4. The van der Waals surface area contributed by atoms with E-state index in [9.17, 15) is 4.79 Å². The van der Waals surface area contributed by atoms with Crippen LogP contribution in [0.15, 0.2) is 30.5 Å². The predicted octanol–water partition coefficient (Wildman–Crippen LogP) is 3.39. The Morgan fingerprint density at radius 3 is 2.74 bits per heavy atom. The number of hydrogen-bond donors (Lipinski definition) is 2. The zero-order valence-corrected chi connectivity index (χ0v) is 14.1. The number of nitrogens with one attached hydrogen (secondary N) is 1. The molecular formula is C19H27N3O. The van der Waals surface area contributed by atoms with Gasteiger partial charge in [0, 0.05) is 30.2 Å². The highest BCUT2D eigenvalue weighted by Gasteiger charge is 2.34. The summed E-state index contributed by atoms with van der Waals surface area (Å²) in [7, 11) is 0. The summed E-state index contributed by atoms with van der Waals surface area (Å²) in [4.78, 5) is 17.9. The number of carbonyl (C=O) groups is 1. The lowest BCUT2D eigenvalue weighted by molar-refractivity contribution is -0.137. The van der Waals surface area contributed by atoms with Crippen molar-refractivity contribution in [2.24, 2.45) is 5.73 Å². The molecule has 3 N–H and O–H groups in total. The number of nitrogens with zero attached hydrogens (tertiary/aromatic N) is 1. The minimum atomic E-state index is -0.720. The summed E-state index contributed by atoms with van der Waals surface area (Å²) >= 11 is 0. The SMILES string of the molecule is CCCC(C)(N)C(=O)N1CCC(c2c[nH]c3ccccc23)CC1. The maximum Gasteiger partial charge on any atom is 0.242 e. The van der Waals surface area contributed by atoms with Gasteiger partial charge in [-0.3, -0.25) is 4.79 Å². The first-order valence-electron chi connectivity index (χ1n) is 8.67. The molecule has 0 radical (unpaired) electrons. The zero-order valence-electron chi connectivity index (χ0n) is 14.1. The Kier molecular flexibility index (Phi) is 4.44. The Morgan fingerprint density at radius 2 is 2.04 bits per heavy atom. The van der Waals surface area contributed by atoms with Crippen LogP contribution in [0.2, 0.25) is 0 Å². The van der Waals surface area contributed by atoms with Gasteiger partial charge < -0.3 is 15.6 Å². The number of hydrogen-bond acceptors (Lipinski definition) is 2. The fourth-order valence-corrected chi connectivity index (χ4v) is 3.81. The topological polar surface area (TPSA) is 62.1 Å². The molecule has 23 heavy (non-hydrogen) atoms. The van der Waals surface area contributed by atoms with Crippen molar-refractivity contribution in [3.05, 3.63) is 36.0 Å². The smallest absolute Gasteiger partial charge is 0.242 e. The molecule has 0 bridgehead atoms. The average molecular weight is 313 g/mol. The number of aromatic nitrogens is 1. The van der Waals surface area contributed by atoms with E-state index < -0.39 is 5.54 Å². The number of H-pyrrole nitrogens is 1. The Bertz CT molecular complexity index is 681. The number of aromatic amines is 1. The van der Waals surface area contributed by atoms with Gasteiger partial charge in [-0.05, 0) is 43.7 Å². The molecule has 1 aromatic heterocycles. The molecule has 1 aliphatic heterocycles. The van der Waals surface area contributed by atoms with Gasteiger partial charge in [0.2, 0.25) is 5.91 Å². The van der Waals surface area contributed by atoms with E-state index in [1.165, 1.54) is 16.5 Å². The van der Waals surface area contributed by atoms with Crippen LogP contribution in [0.4, 0.5) is 0 Å². The number of nitrogens with two attached hydrogens (primary N) is 1. The molecule has 4 nitrogen and oxygen atoms in total. The molecule has 1 atom stereocenters. The third-order valence-corrected chi connectivity index (χ3v) is 5.10. The number of para-hydroxylation sites is 1. The molecule has 4 heteroatoms. The lowest BCUT2D eigenvalue weighted by Gasteiger charge is -2.36. The van der Waals surface area contributed by atoms with Gasteiger partial charge in [-0.1, -0.05) is 31.5 Å². The monoisotopic (exact) mass is 313 g/mol. The van der Waals surface area contributed by atoms with E-state index in [0.29, 0.717) is 5.92 Å². The van der Waals surface area contributed by atoms with Crippen molar-refractivity contribution in [2.75, 3.05) is 13.1 Å². The van der Waals surface area contributed by atoms with Gasteiger partial charge in [-0.15, -0.1) is 0 Å². The lowest BCUT2D eigenvalue weighted by Crippen LogP contribution is -2.54. The highest BCUT2D eigenvalue weighted by atomic mass is 16.2. The molecule has 1 aliphatic rings. The number of amides is 1. The van der Waals surface area contributed by atoms with Gasteiger partial charge in [-0.2, -0.15) is 0 Å². The minimum Gasteiger partial charge on any atom is -0.361 e. The molecule has 1 amide bonds. The average Bonchev–Trinajstić information content (AvgIpc) is 2.98. The molecule has 124 valence electrons. The van der Waals surface area contributed by atoms with E-state index in [-0.39, 0.29) is 5.91 Å². The molecule has 1 fully saturated rings. The number of piperidine rings is 1. The van der Waals surface area contributed by atoms with Crippen LogP contribution >= 0.6 is 0 Å². The Balaban J connectivity index is 1.68. The summed E-state index contributed by atoms with van der Waals surface area (Å²) in [5.74, 6) is 0.627. The van der Waals surface area contributed by atoms with Gasteiger partial charge in [0.05, 0.1) is 5.54 Å². The summed E-state index contributed by atoms with van der Waals surface area (Å²) in [6.45, 7) is 5.55. The normalized spacial score (nSPS) is 19.0. The fourth-order valence-electron chi connectivity index (χ4n) is 3.81. The number of carbonyl (C=O) groups excluding carboxylic acids is 1. The molecule has 0 spiro atoms. The molecule has 0 aliphatic carbocycles. The molecule has 0 saturated carbocycles. The molecular weight excluding hydrogens is 286 g/mol. The Hall–Kier alpha value is -1.81. The van der Waals surface area contributed by atoms with Crippen LogP contribution in [0.25, 0.3) is 10.9 Å². The largest absolute Gasteiger partial charge is 0.361 e. The van der Waals surface area contributed by atoms with Crippen LogP contribution in [-0.4, -0.2) is 34.4 Å². The molecule has 1 unspecified atom stereocenters. The quantitative estimate of drug-likeness (QED) is 0.909. The van der Waals surface area contributed by atoms with Crippen molar-refractivity contribution in [2.45, 2.75) is 51.0 Å².